The maximum absolute atomic E-state index is 11.8. The lowest BCUT2D eigenvalue weighted by Crippen LogP contribution is -2.40. The van der Waals surface area contributed by atoms with Gasteiger partial charge in [-0.15, -0.1) is 5.10 Å². The minimum absolute atomic E-state index is 0.0212. The molecule has 0 saturated carbocycles. The van der Waals surface area contributed by atoms with Crippen molar-refractivity contribution in [1.82, 2.24) is 14.5 Å². The van der Waals surface area contributed by atoms with E-state index in [0.29, 0.717) is 0 Å². The summed E-state index contributed by atoms with van der Waals surface area (Å²) < 4.78 is 3.54. The fraction of sp³-hybridized carbons (Fsp3) is 0.500. The summed E-state index contributed by atoms with van der Waals surface area (Å²) in [6, 6.07) is -0.982. The summed E-state index contributed by atoms with van der Waals surface area (Å²) in [4.78, 5) is 23.8. The van der Waals surface area contributed by atoms with Crippen LogP contribution in [0, 0.1) is 0 Å². The van der Waals surface area contributed by atoms with E-state index in [1.54, 1.807) is 0 Å². The molecule has 86 valence electrons. The fourth-order valence-electron chi connectivity index (χ4n) is 1.68. The third kappa shape index (κ3) is 1.89. The zero-order chi connectivity index (χ0) is 11.7. The lowest BCUT2D eigenvalue weighted by Gasteiger charge is -2.19. The summed E-state index contributed by atoms with van der Waals surface area (Å²) in [5.41, 5.74) is 0.116. The summed E-state index contributed by atoms with van der Waals surface area (Å²) in [5.74, 6) is -1.62. The number of aliphatic hydroxyl groups excluding tert-OH is 1. The molecular formula is C8H9N3O4S. The summed E-state index contributed by atoms with van der Waals surface area (Å²) in [5, 5.41) is 23.3. The predicted molar refractivity (Wildman–Crippen MR) is 53.0 cm³/mol. The Morgan fingerprint density at radius 2 is 2.31 bits per heavy atom. The van der Waals surface area contributed by atoms with Gasteiger partial charge in [0.05, 0.1) is 6.10 Å². The number of carbonyl (C=O) groups is 2. The highest BCUT2D eigenvalue weighted by Crippen LogP contribution is 2.20. The van der Waals surface area contributed by atoms with Gasteiger partial charge in [0.15, 0.2) is 5.69 Å². The predicted octanol–water partition coefficient (Wildman–Crippen LogP) is -0.802. The number of carboxylic acid groups (broad SMARTS) is 1. The van der Waals surface area contributed by atoms with Gasteiger partial charge in [0.1, 0.15) is 6.04 Å². The lowest BCUT2D eigenvalue weighted by atomic mass is 10.2. The molecule has 2 atom stereocenters. The third-order valence-electron chi connectivity index (χ3n) is 2.40. The first kappa shape index (κ1) is 11.0. The largest absolute Gasteiger partial charge is 0.480 e. The van der Waals surface area contributed by atoms with Gasteiger partial charge in [-0.05, 0) is 11.5 Å². The molecule has 0 aliphatic carbocycles. The molecule has 1 amide bonds. The number of rotatable bonds is 2. The molecule has 2 N–H and O–H groups in total. The highest BCUT2D eigenvalue weighted by atomic mass is 32.1. The molecule has 1 aromatic heterocycles. The van der Waals surface area contributed by atoms with Crippen molar-refractivity contribution in [2.75, 3.05) is 6.54 Å². The summed E-state index contributed by atoms with van der Waals surface area (Å²) >= 11 is 1.02. The van der Waals surface area contributed by atoms with Crippen LogP contribution in [0.1, 0.15) is 16.9 Å². The number of aliphatic hydroxyl groups is 1. The van der Waals surface area contributed by atoms with Crippen LogP contribution in [0.25, 0.3) is 0 Å². The number of hydrogen-bond donors (Lipinski definition) is 2. The Hall–Kier alpha value is -1.54. The maximum atomic E-state index is 11.8. The Kier molecular flexibility index (Phi) is 2.84. The second-order valence-electron chi connectivity index (χ2n) is 3.49. The van der Waals surface area contributed by atoms with Gasteiger partial charge in [-0.2, -0.15) is 0 Å². The van der Waals surface area contributed by atoms with Crippen molar-refractivity contribution >= 4 is 23.4 Å². The van der Waals surface area contributed by atoms with Crippen LogP contribution in [0.3, 0.4) is 0 Å². The molecule has 7 nitrogen and oxygen atoms in total. The quantitative estimate of drug-likeness (QED) is 0.704. The van der Waals surface area contributed by atoms with Gasteiger partial charge >= 0.3 is 5.97 Å². The van der Waals surface area contributed by atoms with Gasteiger partial charge in [0, 0.05) is 18.3 Å². The van der Waals surface area contributed by atoms with Crippen LogP contribution in [0.15, 0.2) is 5.38 Å². The molecule has 2 rings (SSSR count). The molecule has 0 aromatic carbocycles. The molecule has 1 aliphatic heterocycles. The van der Waals surface area contributed by atoms with Crippen LogP contribution in [-0.4, -0.2) is 55.3 Å². The van der Waals surface area contributed by atoms with E-state index >= 15 is 0 Å². The highest BCUT2D eigenvalue weighted by molar-refractivity contribution is 7.03. The number of aliphatic carboxylic acids is 1. The Morgan fingerprint density at radius 3 is 2.88 bits per heavy atom. The molecule has 0 bridgehead atoms. The molecule has 1 aromatic rings. The third-order valence-corrected chi connectivity index (χ3v) is 2.91. The zero-order valence-corrected chi connectivity index (χ0v) is 8.92. The van der Waals surface area contributed by atoms with E-state index in [4.69, 9.17) is 5.11 Å². The number of amides is 1. The molecule has 8 heteroatoms. The monoisotopic (exact) mass is 243 g/mol. The molecule has 2 heterocycles. The second-order valence-corrected chi connectivity index (χ2v) is 4.10. The summed E-state index contributed by atoms with van der Waals surface area (Å²) in [6.45, 7) is 0.0212. The molecule has 1 fully saturated rings. The molecule has 0 spiro atoms. The van der Waals surface area contributed by atoms with Crippen LogP contribution in [0.5, 0.6) is 0 Å². The SMILES string of the molecule is O=C(O)[C@H]1C[C@@H](O)CN1C(=O)c1csnn1. The van der Waals surface area contributed by atoms with Crippen molar-refractivity contribution in [2.45, 2.75) is 18.6 Å². The Bertz CT molecular complexity index is 407. The minimum atomic E-state index is -1.12. The van der Waals surface area contributed by atoms with Crippen molar-refractivity contribution in [2.24, 2.45) is 0 Å². The normalized spacial score (nSPS) is 24.7. The molecular weight excluding hydrogens is 234 g/mol. The Labute approximate surface area is 94.5 Å². The van der Waals surface area contributed by atoms with E-state index in [1.165, 1.54) is 5.38 Å². The van der Waals surface area contributed by atoms with Gasteiger partial charge < -0.3 is 15.1 Å². The smallest absolute Gasteiger partial charge is 0.326 e. The Balaban J connectivity index is 2.20. The van der Waals surface area contributed by atoms with Gasteiger partial charge in [0.2, 0.25) is 0 Å². The number of β-amino-alcohol motifs (C(OH)–C–C–N with tert-alkyl or cyclic N) is 1. The van der Waals surface area contributed by atoms with Gasteiger partial charge in [-0.25, -0.2) is 4.79 Å². The summed E-state index contributed by atoms with van der Waals surface area (Å²) in [7, 11) is 0. The van der Waals surface area contributed by atoms with Crippen molar-refractivity contribution in [3.8, 4) is 0 Å². The fourth-order valence-corrected chi connectivity index (χ4v) is 2.11. The lowest BCUT2D eigenvalue weighted by molar-refractivity contribution is -0.141. The maximum Gasteiger partial charge on any atom is 0.326 e. The van der Waals surface area contributed by atoms with Gasteiger partial charge in [-0.1, -0.05) is 4.49 Å². The minimum Gasteiger partial charge on any atom is -0.480 e. The van der Waals surface area contributed by atoms with E-state index in [2.05, 4.69) is 9.59 Å². The van der Waals surface area contributed by atoms with Gasteiger partial charge in [-0.3, -0.25) is 4.79 Å². The van der Waals surface area contributed by atoms with Crippen LogP contribution in [0.4, 0.5) is 0 Å². The average molecular weight is 243 g/mol. The number of aromatic nitrogens is 2. The van der Waals surface area contributed by atoms with Crippen molar-refractivity contribution in [3.63, 3.8) is 0 Å². The van der Waals surface area contributed by atoms with Crippen LogP contribution in [0.2, 0.25) is 0 Å². The van der Waals surface area contributed by atoms with Crippen LogP contribution in [-0.2, 0) is 4.79 Å². The first-order chi connectivity index (χ1) is 7.59. The number of carbonyl (C=O) groups excluding carboxylic acids is 1. The highest BCUT2D eigenvalue weighted by Gasteiger charge is 2.39. The average Bonchev–Trinajstić information content (AvgIpc) is 2.84. The first-order valence-electron chi connectivity index (χ1n) is 4.58. The zero-order valence-electron chi connectivity index (χ0n) is 8.11. The number of carboxylic acids is 1. The van der Waals surface area contributed by atoms with E-state index in [0.717, 1.165) is 16.4 Å². The standard InChI is InChI=1S/C8H9N3O4S/c12-4-1-6(8(14)15)11(2-4)7(13)5-3-16-10-9-5/h3-4,6,12H,1-2H2,(H,14,15)/t4-,6-/m1/s1. The van der Waals surface area contributed by atoms with E-state index in [1.807, 2.05) is 0 Å². The molecule has 16 heavy (non-hydrogen) atoms. The number of likely N-dealkylation sites (tertiary alicyclic amines) is 1. The second kappa shape index (κ2) is 4.14. The van der Waals surface area contributed by atoms with Gasteiger partial charge in [0.25, 0.3) is 5.91 Å². The van der Waals surface area contributed by atoms with E-state index < -0.39 is 24.0 Å². The molecule has 0 radical (unpaired) electrons. The molecule has 1 saturated heterocycles. The summed E-state index contributed by atoms with van der Waals surface area (Å²) in [6.07, 6.45) is -0.741. The number of hydrogen-bond acceptors (Lipinski definition) is 6. The molecule has 1 aliphatic rings. The van der Waals surface area contributed by atoms with Crippen molar-refractivity contribution in [1.29, 1.82) is 0 Å². The van der Waals surface area contributed by atoms with Crippen molar-refractivity contribution in [3.05, 3.63) is 11.1 Å². The number of nitrogens with zero attached hydrogens (tertiary/aromatic N) is 3. The Morgan fingerprint density at radius 1 is 1.56 bits per heavy atom. The van der Waals surface area contributed by atoms with E-state index in [9.17, 15) is 14.7 Å². The van der Waals surface area contributed by atoms with Crippen molar-refractivity contribution < 1.29 is 19.8 Å². The molecule has 0 unspecified atom stereocenters. The first-order valence-corrected chi connectivity index (χ1v) is 5.42. The van der Waals surface area contributed by atoms with E-state index in [-0.39, 0.29) is 18.7 Å². The van der Waals surface area contributed by atoms with Crippen LogP contribution < -0.4 is 0 Å². The topological polar surface area (TPSA) is 104 Å². The van der Waals surface area contributed by atoms with Crippen LogP contribution >= 0.6 is 11.5 Å².